The summed E-state index contributed by atoms with van der Waals surface area (Å²) in [6.45, 7) is 4.48. The van der Waals surface area contributed by atoms with E-state index in [2.05, 4.69) is 4.90 Å². The average molecular weight is 349 g/mol. The van der Waals surface area contributed by atoms with Gasteiger partial charge in [0.2, 0.25) is 0 Å². The highest BCUT2D eigenvalue weighted by molar-refractivity contribution is 5.76. The third-order valence-corrected chi connectivity index (χ3v) is 5.00. The molecule has 1 N–H and O–H groups in total. The molecule has 2 amide bonds. The number of carboxylic acids is 1. The van der Waals surface area contributed by atoms with Crippen LogP contribution in [-0.2, 0) is 11.3 Å². The third kappa shape index (κ3) is 4.48. The molecule has 0 bridgehead atoms. The quantitative estimate of drug-likeness (QED) is 0.905. The van der Waals surface area contributed by atoms with Crippen molar-refractivity contribution in [2.75, 3.05) is 39.3 Å². The van der Waals surface area contributed by atoms with Crippen LogP contribution in [0.2, 0.25) is 0 Å². The van der Waals surface area contributed by atoms with Crippen molar-refractivity contribution in [1.29, 1.82) is 0 Å². The number of carboxylic acid groups (broad SMARTS) is 1. The first-order valence-electron chi connectivity index (χ1n) is 8.76. The maximum atomic E-state index is 13.0. The molecule has 6 nitrogen and oxygen atoms in total. The van der Waals surface area contributed by atoms with E-state index in [1.165, 1.54) is 12.1 Å². The SMILES string of the molecule is O=C(O)C1CCCN(C(=O)N2CCN(Cc3ccc(F)cc3)CC2)C1. The number of aliphatic carboxylic acids is 1. The predicted octanol–water partition coefficient (Wildman–Crippen LogP) is 1.86. The summed E-state index contributed by atoms with van der Waals surface area (Å²) in [5.41, 5.74) is 1.06. The summed E-state index contributed by atoms with van der Waals surface area (Å²) in [6, 6.07) is 6.45. The Kier molecular flexibility index (Phi) is 5.53. The Bertz CT molecular complexity index is 614. The van der Waals surface area contributed by atoms with Gasteiger partial charge in [-0.25, -0.2) is 9.18 Å². The van der Waals surface area contributed by atoms with E-state index in [0.717, 1.165) is 31.6 Å². The van der Waals surface area contributed by atoms with Gasteiger partial charge in [0.25, 0.3) is 0 Å². The van der Waals surface area contributed by atoms with Crippen molar-refractivity contribution in [3.8, 4) is 0 Å². The summed E-state index contributed by atoms with van der Waals surface area (Å²) in [7, 11) is 0. The number of urea groups is 1. The van der Waals surface area contributed by atoms with E-state index in [1.807, 2.05) is 4.90 Å². The van der Waals surface area contributed by atoms with Crippen LogP contribution < -0.4 is 0 Å². The number of likely N-dealkylation sites (tertiary alicyclic amines) is 1. The van der Waals surface area contributed by atoms with Crippen LogP contribution in [0.1, 0.15) is 18.4 Å². The normalized spacial score (nSPS) is 22.0. The number of benzene rings is 1. The largest absolute Gasteiger partial charge is 0.481 e. The summed E-state index contributed by atoms with van der Waals surface area (Å²) >= 11 is 0. The van der Waals surface area contributed by atoms with Crippen molar-refractivity contribution in [2.24, 2.45) is 5.92 Å². The van der Waals surface area contributed by atoms with Crippen molar-refractivity contribution in [1.82, 2.24) is 14.7 Å². The number of hydrogen-bond donors (Lipinski definition) is 1. The van der Waals surface area contributed by atoms with Crippen LogP contribution in [0, 0.1) is 11.7 Å². The van der Waals surface area contributed by atoms with Gasteiger partial charge in [0, 0.05) is 45.8 Å². The molecule has 2 aliphatic heterocycles. The molecule has 136 valence electrons. The van der Waals surface area contributed by atoms with E-state index in [9.17, 15) is 14.0 Å². The van der Waals surface area contributed by atoms with Gasteiger partial charge in [-0.15, -0.1) is 0 Å². The van der Waals surface area contributed by atoms with E-state index in [0.29, 0.717) is 32.6 Å². The molecule has 0 radical (unpaired) electrons. The van der Waals surface area contributed by atoms with Gasteiger partial charge < -0.3 is 14.9 Å². The highest BCUT2D eigenvalue weighted by Crippen LogP contribution is 2.19. The lowest BCUT2D eigenvalue weighted by Crippen LogP contribution is -2.54. The van der Waals surface area contributed by atoms with Gasteiger partial charge in [-0.3, -0.25) is 9.69 Å². The second-order valence-electron chi connectivity index (χ2n) is 6.80. The van der Waals surface area contributed by atoms with Gasteiger partial charge in [-0.05, 0) is 30.5 Å². The molecular weight excluding hydrogens is 325 g/mol. The monoisotopic (exact) mass is 349 g/mol. The number of halogens is 1. The van der Waals surface area contributed by atoms with E-state index in [4.69, 9.17) is 5.11 Å². The first-order chi connectivity index (χ1) is 12.0. The van der Waals surface area contributed by atoms with Crippen LogP contribution in [0.3, 0.4) is 0 Å². The van der Waals surface area contributed by atoms with Crippen LogP contribution in [0.5, 0.6) is 0 Å². The average Bonchev–Trinajstić information content (AvgIpc) is 2.64. The molecule has 2 heterocycles. The molecule has 7 heteroatoms. The van der Waals surface area contributed by atoms with E-state index < -0.39 is 11.9 Å². The Labute approximate surface area is 146 Å². The Hall–Kier alpha value is -2.15. The molecular formula is C18H24FN3O3. The zero-order valence-corrected chi connectivity index (χ0v) is 14.2. The van der Waals surface area contributed by atoms with Crippen LogP contribution in [-0.4, -0.2) is 71.1 Å². The molecule has 2 aliphatic rings. The number of rotatable bonds is 3. The standard InChI is InChI=1S/C18H24FN3O3/c19-16-5-3-14(4-6-16)12-20-8-10-21(11-9-20)18(25)22-7-1-2-15(13-22)17(23)24/h3-6,15H,1-2,7-13H2,(H,23,24). The first-order valence-corrected chi connectivity index (χ1v) is 8.76. The minimum atomic E-state index is -0.818. The van der Waals surface area contributed by atoms with Crippen LogP contribution in [0.4, 0.5) is 9.18 Å². The van der Waals surface area contributed by atoms with Crippen molar-refractivity contribution in [2.45, 2.75) is 19.4 Å². The number of carbonyl (C=O) groups is 2. The third-order valence-electron chi connectivity index (χ3n) is 5.00. The number of piperidine rings is 1. The number of nitrogens with zero attached hydrogens (tertiary/aromatic N) is 3. The van der Waals surface area contributed by atoms with Gasteiger partial charge in [0.05, 0.1) is 5.92 Å². The summed E-state index contributed by atoms with van der Waals surface area (Å²) in [5, 5.41) is 9.16. The van der Waals surface area contributed by atoms with Crippen molar-refractivity contribution in [3.63, 3.8) is 0 Å². The molecule has 1 unspecified atom stereocenters. The Morgan fingerprint density at radius 2 is 1.72 bits per heavy atom. The maximum absolute atomic E-state index is 13.0. The van der Waals surface area contributed by atoms with Gasteiger partial charge in [0.1, 0.15) is 5.82 Å². The van der Waals surface area contributed by atoms with E-state index in [1.54, 1.807) is 17.0 Å². The Morgan fingerprint density at radius 3 is 2.36 bits per heavy atom. The fraction of sp³-hybridized carbons (Fsp3) is 0.556. The summed E-state index contributed by atoms with van der Waals surface area (Å²) in [4.78, 5) is 29.5. The van der Waals surface area contributed by atoms with Gasteiger partial charge >= 0.3 is 12.0 Å². The van der Waals surface area contributed by atoms with E-state index >= 15 is 0 Å². The molecule has 0 spiro atoms. The van der Waals surface area contributed by atoms with Crippen LogP contribution in [0.15, 0.2) is 24.3 Å². The predicted molar refractivity (Wildman–Crippen MR) is 90.6 cm³/mol. The molecule has 0 aliphatic carbocycles. The molecule has 25 heavy (non-hydrogen) atoms. The molecule has 1 aromatic carbocycles. The minimum absolute atomic E-state index is 0.0487. The molecule has 1 aromatic rings. The lowest BCUT2D eigenvalue weighted by molar-refractivity contribution is -0.143. The number of hydrogen-bond acceptors (Lipinski definition) is 3. The molecule has 2 saturated heterocycles. The van der Waals surface area contributed by atoms with Crippen molar-refractivity contribution >= 4 is 12.0 Å². The van der Waals surface area contributed by atoms with Gasteiger partial charge in [0.15, 0.2) is 0 Å². The van der Waals surface area contributed by atoms with Crippen LogP contribution in [0.25, 0.3) is 0 Å². The van der Waals surface area contributed by atoms with Crippen LogP contribution >= 0.6 is 0 Å². The zero-order chi connectivity index (χ0) is 17.8. The Morgan fingerprint density at radius 1 is 1.04 bits per heavy atom. The maximum Gasteiger partial charge on any atom is 0.320 e. The van der Waals surface area contributed by atoms with Crippen molar-refractivity contribution in [3.05, 3.63) is 35.6 Å². The molecule has 2 fully saturated rings. The number of piperazine rings is 1. The highest BCUT2D eigenvalue weighted by atomic mass is 19.1. The topological polar surface area (TPSA) is 64.1 Å². The summed E-state index contributed by atoms with van der Waals surface area (Å²) < 4.78 is 13.0. The smallest absolute Gasteiger partial charge is 0.320 e. The number of carbonyl (C=O) groups excluding carboxylic acids is 1. The van der Waals surface area contributed by atoms with Gasteiger partial charge in [-0.2, -0.15) is 0 Å². The van der Waals surface area contributed by atoms with Gasteiger partial charge in [-0.1, -0.05) is 12.1 Å². The molecule has 1 atom stereocenters. The summed E-state index contributed by atoms with van der Waals surface area (Å²) in [5.74, 6) is -1.50. The fourth-order valence-electron chi connectivity index (χ4n) is 3.50. The zero-order valence-electron chi connectivity index (χ0n) is 14.2. The molecule has 0 saturated carbocycles. The number of amides is 2. The second kappa shape index (κ2) is 7.82. The first kappa shape index (κ1) is 17.7. The minimum Gasteiger partial charge on any atom is -0.481 e. The highest BCUT2D eigenvalue weighted by Gasteiger charge is 2.31. The van der Waals surface area contributed by atoms with E-state index in [-0.39, 0.29) is 11.8 Å². The molecule has 0 aromatic heterocycles. The lowest BCUT2D eigenvalue weighted by Gasteiger charge is -2.39. The fourth-order valence-corrected chi connectivity index (χ4v) is 3.50. The Balaban J connectivity index is 1.49. The second-order valence-corrected chi connectivity index (χ2v) is 6.80. The lowest BCUT2D eigenvalue weighted by atomic mass is 9.98. The molecule has 3 rings (SSSR count). The van der Waals surface area contributed by atoms with Crippen molar-refractivity contribution < 1.29 is 19.1 Å². The summed E-state index contributed by atoms with van der Waals surface area (Å²) in [6.07, 6.45) is 1.39.